The van der Waals surface area contributed by atoms with Crippen molar-refractivity contribution in [2.75, 3.05) is 14.2 Å². The number of amides is 2. The van der Waals surface area contributed by atoms with E-state index in [0.29, 0.717) is 16.0 Å². The Balaban J connectivity index is 2.06. The number of carbonyl (C=O) groups excluding carboxylic acids is 4. The minimum absolute atomic E-state index is 0.100. The van der Waals surface area contributed by atoms with E-state index in [1.807, 2.05) is 30.3 Å². The molecule has 9 heteroatoms. The van der Waals surface area contributed by atoms with Gasteiger partial charge in [0.1, 0.15) is 0 Å². The summed E-state index contributed by atoms with van der Waals surface area (Å²) >= 11 is 1.34. The molecule has 200 valence electrons. The minimum Gasteiger partial charge on any atom is -0.468 e. The summed E-state index contributed by atoms with van der Waals surface area (Å²) < 4.78 is 10.5. The van der Waals surface area contributed by atoms with Crippen molar-refractivity contribution in [1.29, 1.82) is 0 Å². The number of benzene rings is 2. The topological polar surface area (TPSA) is 90.0 Å². The molecular formula is C29H33NO6SSi. The van der Waals surface area contributed by atoms with E-state index in [9.17, 15) is 19.2 Å². The quantitative estimate of drug-likeness (QED) is 0.176. The van der Waals surface area contributed by atoms with Crippen LogP contribution in [0.5, 0.6) is 0 Å². The van der Waals surface area contributed by atoms with Crippen LogP contribution >= 0.6 is 11.8 Å². The Labute approximate surface area is 228 Å². The molecule has 0 saturated heterocycles. The highest BCUT2D eigenvalue weighted by Crippen LogP contribution is 2.57. The molecule has 0 N–H and O–H groups in total. The molecule has 0 fully saturated rings. The van der Waals surface area contributed by atoms with Gasteiger partial charge in [-0.05, 0) is 29.5 Å². The smallest absolute Gasteiger partial charge is 0.328 e. The fourth-order valence-corrected chi connectivity index (χ4v) is 12.3. The largest absolute Gasteiger partial charge is 0.468 e. The van der Waals surface area contributed by atoms with Crippen molar-refractivity contribution in [3.63, 3.8) is 0 Å². The fraction of sp³-hybridized carbons (Fsp3) is 0.379. The molecule has 0 saturated carbocycles. The number of nitrogens with zero attached hydrogens (tertiary/aromatic N) is 1. The second kappa shape index (κ2) is 10.9. The molecule has 1 heterocycles. The normalized spacial score (nSPS) is 18.6. The lowest BCUT2D eigenvalue weighted by Gasteiger charge is -2.37. The number of thioether (sulfide) groups is 1. The summed E-state index contributed by atoms with van der Waals surface area (Å²) in [5, 5.41) is 0.893. The maximum atomic E-state index is 13.7. The number of hydrogen-bond acceptors (Lipinski definition) is 7. The third-order valence-electron chi connectivity index (χ3n) is 8.23. The molecule has 2 aromatic carbocycles. The maximum Gasteiger partial charge on any atom is 0.328 e. The average molecular weight is 552 g/mol. The molecule has 2 amide bonds. The second-order valence-electron chi connectivity index (χ2n) is 9.63. The summed E-state index contributed by atoms with van der Waals surface area (Å²) in [4.78, 5) is 57.5. The molecule has 38 heavy (non-hydrogen) atoms. The van der Waals surface area contributed by atoms with Crippen LogP contribution in [0, 0.1) is 5.41 Å². The first-order valence-corrected chi connectivity index (χ1v) is 16.3. The van der Waals surface area contributed by atoms with E-state index in [2.05, 4.69) is 20.8 Å². The Morgan fingerprint density at radius 3 is 1.79 bits per heavy atom. The Morgan fingerprint density at radius 2 is 1.34 bits per heavy atom. The van der Waals surface area contributed by atoms with Gasteiger partial charge in [-0.15, -0.1) is 0 Å². The molecule has 1 aliphatic heterocycles. The molecule has 2 aliphatic rings. The monoisotopic (exact) mass is 551 g/mol. The van der Waals surface area contributed by atoms with Gasteiger partial charge in [0.05, 0.1) is 39.5 Å². The van der Waals surface area contributed by atoms with Gasteiger partial charge in [-0.1, -0.05) is 81.0 Å². The van der Waals surface area contributed by atoms with E-state index in [-0.39, 0.29) is 6.42 Å². The van der Waals surface area contributed by atoms with E-state index in [1.165, 1.54) is 30.9 Å². The number of ether oxygens (including phenoxy) is 2. The van der Waals surface area contributed by atoms with E-state index >= 15 is 0 Å². The van der Waals surface area contributed by atoms with Crippen molar-refractivity contribution in [2.24, 2.45) is 5.41 Å². The Kier molecular flexibility index (Phi) is 7.99. The van der Waals surface area contributed by atoms with Gasteiger partial charge in [0.15, 0.2) is 5.41 Å². The Bertz CT molecular complexity index is 1240. The first-order chi connectivity index (χ1) is 18.3. The summed E-state index contributed by atoms with van der Waals surface area (Å²) in [6.07, 6.45) is -0.100. The highest BCUT2D eigenvalue weighted by Gasteiger charge is 2.64. The van der Waals surface area contributed by atoms with Gasteiger partial charge in [-0.25, -0.2) is 0 Å². The molecule has 0 spiro atoms. The van der Waals surface area contributed by atoms with Crippen molar-refractivity contribution >= 4 is 43.6 Å². The Hall–Kier alpha value is -3.17. The molecule has 1 atom stereocenters. The van der Waals surface area contributed by atoms with Gasteiger partial charge in [-0.3, -0.25) is 24.1 Å². The molecular weight excluding hydrogens is 518 g/mol. The molecule has 0 aromatic heterocycles. The number of hydrogen-bond donors (Lipinski definition) is 0. The average Bonchev–Trinajstić information content (AvgIpc) is 3.42. The van der Waals surface area contributed by atoms with Gasteiger partial charge in [0.25, 0.3) is 11.8 Å². The van der Waals surface area contributed by atoms with Crippen LogP contribution in [0.1, 0.15) is 47.9 Å². The summed E-state index contributed by atoms with van der Waals surface area (Å²) in [7, 11) is 0.0907. The molecule has 7 nitrogen and oxygen atoms in total. The standard InChI is InChI=1S/C29H33NO6SSi/c1-6-38(7-2,8-3)23-22(30-25(31)20-16-12-13-17-21(20)26(30)32)18-29(27(33)35-4,28(34)36-5)24(23)37-19-14-10-9-11-15-19/h9-17,22H,6-8,18H2,1-5H3. The van der Waals surface area contributed by atoms with Crippen LogP contribution in [0.4, 0.5) is 0 Å². The van der Waals surface area contributed by atoms with Crippen molar-refractivity contribution in [3.8, 4) is 0 Å². The molecule has 2 aromatic rings. The van der Waals surface area contributed by atoms with E-state index in [4.69, 9.17) is 9.47 Å². The van der Waals surface area contributed by atoms with Crippen LogP contribution < -0.4 is 0 Å². The second-order valence-corrected chi connectivity index (χ2v) is 15.9. The first-order valence-electron chi connectivity index (χ1n) is 12.9. The number of rotatable bonds is 9. The predicted molar refractivity (Wildman–Crippen MR) is 148 cm³/mol. The van der Waals surface area contributed by atoms with Gasteiger partial charge in [-0.2, -0.15) is 0 Å². The Morgan fingerprint density at radius 1 is 0.868 bits per heavy atom. The zero-order valence-electron chi connectivity index (χ0n) is 22.4. The minimum atomic E-state index is -2.40. The van der Waals surface area contributed by atoms with Crippen LogP contribution in [0.15, 0.2) is 69.6 Å². The molecule has 1 unspecified atom stereocenters. The number of methoxy groups -OCH3 is 2. The van der Waals surface area contributed by atoms with Crippen LogP contribution in [-0.2, 0) is 19.1 Å². The molecule has 0 bridgehead atoms. The van der Waals surface area contributed by atoms with Gasteiger partial charge < -0.3 is 9.47 Å². The third-order valence-corrected chi connectivity index (χ3v) is 15.5. The van der Waals surface area contributed by atoms with Crippen LogP contribution in [-0.4, -0.2) is 57.0 Å². The van der Waals surface area contributed by atoms with Crippen molar-refractivity contribution in [2.45, 2.75) is 56.3 Å². The predicted octanol–water partition coefficient (Wildman–Crippen LogP) is 5.48. The van der Waals surface area contributed by atoms with Gasteiger partial charge in [0.2, 0.25) is 0 Å². The number of fused-ring (bicyclic) bond motifs is 1. The molecule has 0 radical (unpaired) electrons. The van der Waals surface area contributed by atoms with Crippen molar-refractivity contribution < 1.29 is 28.7 Å². The van der Waals surface area contributed by atoms with Crippen LogP contribution in [0.25, 0.3) is 0 Å². The van der Waals surface area contributed by atoms with Crippen molar-refractivity contribution in [1.82, 2.24) is 4.90 Å². The molecule has 4 rings (SSSR count). The highest BCUT2D eigenvalue weighted by atomic mass is 32.2. The fourth-order valence-electron chi connectivity index (χ4n) is 6.03. The van der Waals surface area contributed by atoms with Crippen LogP contribution in [0.3, 0.4) is 0 Å². The lowest BCUT2D eigenvalue weighted by Crippen LogP contribution is -2.49. The summed E-state index contributed by atoms with van der Waals surface area (Å²) in [6.45, 7) is 6.35. The number of carbonyl (C=O) groups is 4. The number of esters is 2. The zero-order chi connectivity index (χ0) is 27.7. The maximum absolute atomic E-state index is 13.7. The van der Waals surface area contributed by atoms with Crippen molar-refractivity contribution in [3.05, 3.63) is 75.8 Å². The van der Waals surface area contributed by atoms with E-state index in [0.717, 1.165) is 28.2 Å². The summed E-state index contributed by atoms with van der Waals surface area (Å²) in [5.74, 6) is -2.31. The van der Waals surface area contributed by atoms with E-state index < -0.39 is 43.3 Å². The highest BCUT2D eigenvalue weighted by molar-refractivity contribution is 8.03. The van der Waals surface area contributed by atoms with Gasteiger partial charge >= 0.3 is 11.9 Å². The zero-order valence-corrected chi connectivity index (χ0v) is 24.2. The summed E-state index contributed by atoms with van der Waals surface area (Å²) in [5.41, 5.74) is -1.13. The first kappa shape index (κ1) is 27.9. The third kappa shape index (κ3) is 4.12. The lowest BCUT2D eigenvalue weighted by atomic mass is 9.86. The van der Waals surface area contributed by atoms with Crippen LogP contribution in [0.2, 0.25) is 18.1 Å². The van der Waals surface area contributed by atoms with E-state index in [1.54, 1.807) is 24.3 Å². The number of imide groups is 1. The van der Waals surface area contributed by atoms with Gasteiger partial charge in [0, 0.05) is 16.2 Å². The summed E-state index contributed by atoms with van der Waals surface area (Å²) in [6, 6.07) is 18.0. The lowest BCUT2D eigenvalue weighted by molar-refractivity contribution is -0.165. The SMILES string of the molecule is CC[Si](CC)(CC)C1=C(Sc2ccccc2)C(C(=O)OC)(C(=O)OC)CC1N1C(=O)c2ccccc2C1=O. The molecule has 1 aliphatic carbocycles.